The Kier molecular flexibility index (Phi) is 6.02. The summed E-state index contributed by atoms with van der Waals surface area (Å²) in [6.45, 7) is 8.91. The highest BCUT2D eigenvalue weighted by Gasteiger charge is 2.15. The predicted molar refractivity (Wildman–Crippen MR) is 77.9 cm³/mol. The summed E-state index contributed by atoms with van der Waals surface area (Å²) in [5, 5.41) is 7.11. The Morgan fingerprint density at radius 1 is 1.42 bits per heavy atom. The second-order valence-electron chi connectivity index (χ2n) is 5.74. The number of hydrogen-bond acceptors (Lipinski definition) is 3. The Labute approximate surface area is 115 Å². The van der Waals surface area contributed by atoms with Crippen molar-refractivity contribution in [2.45, 2.75) is 46.6 Å². The second kappa shape index (κ2) is 7.28. The van der Waals surface area contributed by atoms with Gasteiger partial charge in [0.2, 0.25) is 5.91 Å². The largest absolute Gasteiger partial charge is 0.330 e. The molecule has 108 valence electrons. The van der Waals surface area contributed by atoms with Crippen LogP contribution in [-0.2, 0) is 4.79 Å². The molecule has 1 aromatic heterocycles. The number of nitrogens with zero attached hydrogens (tertiary/aromatic N) is 2. The smallest absolute Gasteiger partial charge is 0.225 e. The molecule has 0 aliphatic carbocycles. The molecule has 0 bridgehead atoms. The van der Waals surface area contributed by atoms with Gasteiger partial charge in [-0.3, -0.25) is 4.79 Å². The van der Waals surface area contributed by atoms with Gasteiger partial charge >= 0.3 is 0 Å². The number of amides is 1. The molecular formula is C14H26N4O. The number of carbonyl (C=O) groups is 1. The molecule has 1 aromatic rings. The molecule has 1 amide bonds. The summed E-state index contributed by atoms with van der Waals surface area (Å²) in [5.74, 6) is 1.57. The van der Waals surface area contributed by atoms with Crippen molar-refractivity contribution < 1.29 is 4.79 Å². The van der Waals surface area contributed by atoms with Crippen LogP contribution in [0, 0.1) is 11.8 Å². The van der Waals surface area contributed by atoms with Crippen molar-refractivity contribution in [1.82, 2.24) is 9.78 Å². The molecule has 1 heterocycles. The lowest BCUT2D eigenvalue weighted by molar-refractivity contribution is -0.117. The summed E-state index contributed by atoms with van der Waals surface area (Å²) in [6.07, 6.45) is 3.15. The van der Waals surface area contributed by atoms with Crippen LogP contribution < -0.4 is 11.1 Å². The van der Waals surface area contributed by atoms with Crippen LogP contribution in [0.5, 0.6) is 0 Å². The van der Waals surface area contributed by atoms with Crippen molar-refractivity contribution in [3.8, 4) is 0 Å². The van der Waals surface area contributed by atoms with E-state index in [1.54, 1.807) is 10.9 Å². The lowest BCUT2D eigenvalue weighted by Crippen LogP contribution is -2.24. The molecule has 0 saturated carbocycles. The first-order valence-electron chi connectivity index (χ1n) is 6.97. The van der Waals surface area contributed by atoms with E-state index in [0.717, 1.165) is 12.2 Å². The van der Waals surface area contributed by atoms with E-state index < -0.39 is 0 Å². The third-order valence-electron chi connectivity index (χ3n) is 3.04. The molecule has 0 radical (unpaired) electrons. The summed E-state index contributed by atoms with van der Waals surface area (Å²) in [7, 11) is 0. The minimum Gasteiger partial charge on any atom is -0.330 e. The Hall–Kier alpha value is -1.36. The van der Waals surface area contributed by atoms with E-state index in [1.165, 1.54) is 0 Å². The number of carbonyl (C=O) groups excluding carboxylic acids is 1. The number of rotatable bonds is 7. The Morgan fingerprint density at radius 3 is 2.63 bits per heavy atom. The van der Waals surface area contributed by atoms with Crippen molar-refractivity contribution in [2.75, 3.05) is 11.9 Å². The summed E-state index contributed by atoms with van der Waals surface area (Å²) in [6, 6.07) is 2.05. The maximum absolute atomic E-state index is 12.0. The van der Waals surface area contributed by atoms with Crippen LogP contribution in [0.2, 0.25) is 0 Å². The van der Waals surface area contributed by atoms with Gasteiger partial charge in [-0.2, -0.15) is 5.10 Å². The van der Waals surface area contributed by atoms with E-state index in [9.17, 15) is 4.79 Å². The van der Waals surface area contributed by atoms with Gasteiger partial charge < -0.3 is 11.1 Å². The highest BCUT2D eigenvalue weighted by molar-refractivity contribution is 5.90. The first-order chi connectivity index (χ1) is 8.93. The lowest BCUT2D eigenvalue weighted by Gasteiger charge is -2.17. The fourth-order valence-electron chi connectivity index (χ4n) is 2.21. The molecule has 1 atom stereocenters. The van der Waals surface area contributed by atoms with Crippen LogP contribution in [0.25, 0.3) is 0 Å². The molecule has 3 N–H and O–H groups in total. The number of hydrogen-bond donors (Lipinski definition) is 2. The molecule has 0 saturated heterocycles. The van der Waals surface area contributed by atoms with Gasteiger partial charge in [-0.05, 0) is 38.6 Å². The Morgan fingerprint density at radius 2 is 2.11 bits per heavy atom. The third-order valence-corrected chi connectivity index (χ3v) is 3.04. The average Bonchev–Trinajstić information content (AvgIpc) is 2.75. The van der Waals surface area contributed by atoms with Crippen molar-refractivity contribution in [3.05, 3.63) is 12.3 Å². The van der Waals surface area contributed by atoms with Crippen molar-refractivity contribution in [2.24, 2.45) is 17.6 Å². The molecule has 19 heavy (non-hydrogen) atoms. The zero-order chi connectivity index (χ0) is 14.4. The van der Waals surface area contributed by atoms with Gasteiger partial charge in [0.15, 0.2) is 0 Å². The van der Waals surface area contributed by atoms with Gasteiger partial charge in [0.1, 0.15) is 5.82 Å². The van der Waals surface area contributed by atoms with Crippen molar-refractivity contribution in [1.29, 1.82) is 0 Å². The molecule has 0 aromatic carbocycles. The quantitative estimate of drug-likeness (QED) is 0.796. The molecule has 0 aliphatic rings. The monoisotopic (exact) mass is 266 g/mol. The highest BCUT2D eigenvalue weighted by Crippen LogP contribution is 2.17. The van der Waals surface area contributed by atoms with Crippen LogP contribution in [0.3, 0.4) is 0 Å². The maximum Gasteiger partial charge on any atom is 0.225 e. The van der Waals surface area contributed by atoms with E-state index >= 15 is 0 Å². The minimum atomic E-state index is 0.0125. The predicted octanol–water partition coefficient (Wildman–Crippen LogP) is 2.41. The molecule has 5 heteroatoms. The van der Waals surface area contributed by atoms with Crippen LogP contribution in [0.4, 0.5) is 5.82 Å². The molecule has 0 fully saturated rings. The maximum atomic E-state index is 12.0. The number of nitrogens with one attached hydrogen (secondary N) is 1. The molecular weight excluding hydrogens is 240 g/mol. The summed E-state index contributed by atoms with van der Waals surface area (Å²) >= 11 is 0. The fraction of sp³-hybridized carbons (Fsp3) is 0.714. The Balaban J connectivity index is 2.57. The first-order valence-corrected chi connectivity index (χ1v) is 6.97. The van der Waals surface area contributed by atoms with E-state index in [2.05, 4.69) is 24.3 Å². The number of nitrogens with two attached hydrogens (primary N) is 1. The topological polar surface area (TPSA) is 72.9 Å². The SMILES string of the molecule is CC(C)CC(CN)CC(=O)Nc1ccnn1C(C)C. The van der Waals surface area contributed by atoms with Crippen LogP contribution in [0.15, 0.2) is 12.3 Å². The lowest BCUT2D eigenvalue weighted by atomic mass is 9.94. The molecule has 5 nitrogen and oxygen atoms in total. The second-order valence-corrected chi connectivity index (χ2v) is 5.74. The van der Waals surface area contributed by atoms with Crippen molar-refractivity contribution in [3.63, 3.8) is 0 Å². The van der Waals surface area contributed by atoms with Crippen molar-refractivity contribution >= 4 is 11.7 Å². The van der Waals surface area contributed by atoms with Gasteiger partial charge in [-0.25, -0.2) is 4.68 Å². The van der Waals surface area contributed by atoms with E-state index in [-0.39, 0.29) is 17.9 Å². The first kappa shape index (κ1) is 15.7. The zero-order valence-corrected chi connectivity index (χ0v) is 12.4. The average molecular weight is 266 g/mol. The summed E-state index contributed by atoms with van der Waals surface area (Å²) in [4.78, 5) is 12.0. The van der Waals surface area contributed by atoms with Gasteiger partial charge in [0.25, 0.3) is 0 Å². The molecule has 0 spiro atoms. The summed E-state index contributed by atoms with van der Waals surface area (Å²) in [5.41, 5.74) is 5.72. The number of aromatic nitrogens is 2. The van der Waals surface area contributed by atoms with Gasteiger partial charge in [-0.1, -0.05) is 13.8 Å². The summed E-state index contributed by atoms with van der Waals surface area (Å²) < 4.78 is 1.80. The highest BCUT2D eigenvalue weighted by atomic mass is 16.1. The molecule has 1 rings (SSSR count). The van der Waals surface area contributed by atoms with Gasteiger partial charge in [0, 0.05) is 18.5 Å². The van der Waals surface area contributed by atoms with Gasteiger partial charge in [0.05, 0.1) is 6.20 Å². The van der Waals surface area contributed by atoms with E-state index in [1.807, 2.05) is 19.9 Å². The number of anilines is 1. The van der Waals surface area contributed by atoms with Gasteiger partial charge in [-0.15, -0.1) is 0 Å². The van der Waals surface area contributed by atoms with E-state index in [0.29, 0.717) is 18.9 Å². The molecule has 1 unspecified atom stereocenters. The van der Waals surface area contributed by atoms with Crippen LogP contribution >= 0.6 is 0 Å². The molecule has 0 aliphatic heterocycles. The zero-order valence-electron chi connectivity index (χ0n) is 12.4. The van der Waals surface area contributed by atoms with Crippen LogP contribution in [-0.4, -0.2) is 22.2 Å². The Bertz CT molecular complexity index is 398. The van der Waals surface area contributed by atoms with E-state index in [4.69, 9.17) is 5.73 Å². The standard InChI is InChI=1S/C14H26N4O/c1-10(2)7-12(9-15)8-14(19)17-13-5-6-16-18(13)11(3)4/h5-6,10-12H,7-9,15H2,1-4H3,(H,17,19). The minimum absolute atomic E-state index is 0.0125. The van der Waals surface area contributed by atoms with Crippen LogP contribution in [0.1, 0.15) is 46.6 Å². The fourth-order valence-corrected chi connectivity index (χ4v) is 2.21. The normalized spacial score (nSPS) is 13.0. The third kappa shape index (κ3) is 5.03.